The lowest BCUT2D eigenvalue weighted by Crippen LogP contribution is -1.92. The molecule has 0 N–H and O–H groups in total. The van der Waals surface area contributed by atoms with Crippen LogP contribution in [0.3, 0.4) is 0 Å². The molecule has 0 bridgehead atoms. The first-order chi connectivity index (χ1) is 24.8. The highest BCUT2D eigenvalue weighted by molar-refractivity contribution is 6.35. The average Bonchev–Trinajstić information content (AvgIpc) is 3.19. The maximum atomic E-state index is 2.39. The molecule has 0 heterocycles. The SMILES string of the molecule is c1ccc(-c2cc3ccccc3cc2-c2ccc3c4cccc5c(-c6cc7ccccc7c7ccccc67)ccc(c6cccc2c36)c54)cc1. The normalized spacial score (nSPS) is 12.0. The van der Waals surface area contributed by atoms with Gasteiger partial charge in [0.05, 0.1) is 0 Å². The topological polar surface area (TPSA) is 0 Å². The fraction of sp³-hybridized carbons (Fsp3) is 0. The summed E-state index contributed by atoms with van der Waals surface area (Å²) in [6.07, 6.45) is 0. The highest BCUT2D eigenvalue weighted by Crippen LogP contribution is 2.47. The summed E-state index contributed by atoms with van der Waals surface area (Å²) in [5.74, 6) is 0. The second-order valence-corrected chi connectivity index (χ2v) is 13.6. The monoisotopic (exact) mass is 630 g/mol. The molecule has 0 nitrogen and oxygen atoms in total. The molecule has 0 heteroatoms. The van der Waals surface area contributed by atoms with E-state index in [1.807, 2.05) is 0 Å². The van der Waals surface area contributed by atoms with Crippen LogP contribution in [0.4, 0.5) is 0 Å². The Bertz CT molecular complexity index is 3110. The maximum absolute atomic E-state index is 2.39. The summed E-state index contributed by atoms with van der Waals surface area (Å²) in [6.45, 7) is 0. The van der Waals surface area contributed by atoms with Crippen molar-refractivity contribution in [3.05, 3.63) is 182 Å². The van der Waals surface area contributed by atoms with Crippen LogP contribution in [0.2, 0.25) is 0 Å². The van der Waals surface area contributed by atoms with E-state index in [1.165, 1.54) is 109 Å². The largest absolute Gasteiger partial charge is 0.0622 e. The maximum Gasteiger partial charge on any atom is -0.00201 e. The van der Waals surface area contributed by atoms with Crippen molar-refractivity contribution in [3.8, 4) is 33.4 Å². The molecule has 0 saturated carbocycles. The summed E-state index contributed by atoms with van der Waals surface area (Å²) in [5.41, 5.74) is 7.59. The molecule has 11 rings (SSSR count). The lowest BCUT2D eigenvalue weighted by atomic mass is 9.83. The summed E-state index contributed by atoms with van der Waals surface area (Å²) in [4.78, 5) is 0. The third-order valence-electron chi connectivity index (χ3n) is 11.0. The Hall–Kier alpha value is -6.50. The van der Waals surface area contributed by atoms with Crippen LogP contribution in [-0.2, 0) is 0 Å². The molecular formula is C50H30. The van der Waals surface area contributed by atoms with E-state index in [9.17, 15) is 0 Å². The zero-order valence-corrected chi connectivity index (χ0v) is 27.3. The van der Waals surface area contributed by atoms with Gasteiger partial charge in [-0.2, -0.15) is 0 Å². The Morgan fingerprint density at radius 1 is 0.200 bits per heavy atom. The van der Waals surface area contributed by atoms with Crippen molar-refractivity contribution >= 4 is 75.4 Å². The lowest BCUT2D eigenvalue weighted by Gasteiger charge is -2.20. The van der Waals surface area contributed by atoms with Crippen LogP contribution >= 0.6 is 0 Å². The zero-order chi connectivity index (χ0) is 32.8. The van der Waals surface area contributed by atoms with Gasteiger partial charge in [0.1, 0.15) is 0 Å². The molecule has 0 radical (unpaired) electrons. The van der Waals surface area contributed by atoms with Crippen LogP contribution in [0.15, 0.2) is 182 Å². The summed E-state index contributed by atoms with van der Waals surface area (Å²) in [6, 6.07) is 67.6. The van der Waals surface area contributed by atoms with Crippen LogP contribution in [0.5, 0.6) is 0 Å². The van der Waals surface area contributed by atoms with Crippen molar-refractivity contribution in [2.45, 2.75) is 0 Å². The molecule has 0 aromatic heterocycles. The van der Waals surface area contributed by atoms with Gasteiger partial charge >= 0.3 is 0 Å². The van der Waals surface area contributed by atoms with Crippen LogP contribution in [-0.4, -0.2) is 0 Å². The van der Waals surface area contributed by atoms with Gasteiger partial charge < -0.3 is 0 Å². The standard InChI is InChI=1S/C50H30/c1-2-12-31(13-3-1)46-28-32-14-4-5-15-33(32)29-48(46)39-25-27-45-42-22-10-20-40-38(24-26-44(49(40)42)43-23-11-21-41(39)50(43)45)47-30-34-16-6-7-17-35(34)36-18-8-9-19-37(36)47/h1-30H. The summed E-state index contributed by atoms with van der Waals surface area (Å²) < 4.78 is 0. The first kappa shape index (κ1) is 27.5. The number of benzene rings is 11. The lowest BCUT2D eigenvalue weighted by molar-refractivity contribution is 1.63. The molecule has 0 atom stereocenters. The summed E-state index contributed by atoms with van der Waals surface area (Å²) in [5, 5.41) is 18.2. The molecule has 0 aliphatic carbocycles. The van der Waals surface area contributed by atoms with Gasteiger partial charge in [-0.1, -0.05) is 164 Å². The van der Waals surface area contributed by atoms with Crippen LogP contribution in [0.1, 0.15) is 0 Å². The van der Waals surface area contributed by atoms with Crippen LogP contribution in [0.25, 0.3) is 109 Å². The zero-order valence-electron chi connectivity index (χ0n) is 27.3. The average molecular weight is 631 g/mol. The first-order valence-electron chi connectivity index (χ1n) is 17.4. The smallest absolute Gasteiger partial charge is 0.00201 e. The van der Waals surface area contributed by atoms with Crippen molar-refractivity contribution in [3.63, 3.8) is 0 Å². The van der Waals surface area contributed by atoms with E-state index < -0.39 is 0 Å². The Kier molecular flexibility index (Phi) is 5.76. The molecule has 0 spiro atoms. The highest BCUT2D eigenvalue weighted by Gasteiger charge is 2.20. The second-order valence-electron chi connectivity index (χ2n) is 13.6. The van der Waals surface area contributed by atoms with Gasteiger partial charge in [0.15, 0.2) is 0 Å². The van der Waals surface area contributed by atoms with E-state index in [4.69, 9.17) is 0 Å². The Labute approximate surface area is 289 Å². The van der Waals surface area contributed by atoms with Gasteiger partial charge in [-0.3, -0.25) is 0 Å². The van der Waals surface area contributed by atoms with E-state index in [1.54, 1.807) is 0 Å². The fourth-order valence-corrected chi connectivity index (χ4v) is 8.78. The van der Waals surface area contributed by atoms with Gasteiger partial charge in [-0.05, 0) is 127 Å². The van der Waals surface area contributed by atoms with Crippen molar-refractivity contribution in [1.29, 1.82) is 0 Å². The third kappa shape index (κ3) is 3.88. The van der Waals surface area contributed by atoms with Crippen molar-refractivity contribution in [2.75, 3.05) is 0 Å². The minimum Gasteiger partial charge on any atom is -0.0622 e. The number of hydrogen-bond donors (Lipinski definition) is 0. The predicted molar refractivity (Wildman–Crippen MR) is 216 cm³/mol. The molecule has 230 valence electrons. The summed E-state index contributed by atoms with van der Waals surface area (Å²) in [7, 11) is 0. The number of rotatable bonds is 3. The van der Waals surface area contributed by atoms with Gasteiger partial charge in [-0.15, -0.1) is 0 Å². The van der Waals surface area contributed by atoms with E-state index >= 15 is 0 Å². The first-order valence-corrected chi connectivity index (χ1v) is 17.4. The molecular weight excluding hydrogens is 601 g/mol. The van der Waals surface area contributed by atoms with Crippen molar-refractivity contribution < 1.29 is 0 Å². The summed E-state index contributed by atoms with van der Waals surface area (Å²) >= 11 is 0. The van der Waals surface area contributed by atoms with E-state index in [2.05, 4.69) is 182 Å². The van der Waals surface area contributed by atoms with Gasteiger partial charge in [0, 0.05) is 0 Å². The number of fused-ring (bicyclic) bond motifs is 6. The van der Waals surface area contributed by atoms with Crippen molar-refractivity contribution in [1.82, 2.24) is 0 Å². The Morgan fingerprint density at radius 2 is 0.640 bits per heavy atom. The minimum absolute atomic E-state index is 1.23. The van der Waals surface area contributed by atoms with Gasteiger partial charge in [0.25, 0.3) is 0 Å². The molecule has 11 aromatic carbocycles. The molecule has 11 aromatic rings. The van der Waals surface area contributed by atoms with Crippen LogP contribution < -0.4 is 0 Å². The third-order valence-corrected chi connectivity index (χ3v) is 11.0. The number of hydrogen-bond acceptors (Lipinski definition) is 0. The van der Waals surface area contributed by atoms with E-state index in [0.29, 0.717) is 0 Å². The van der Waals surface area contributed by atoms with Crippen molar-refractivity contribution in [2.24, 2.45) is 0 Å². The molecule has 0 fully saturated rings. The molecule has 0 saturated heterocycles. The van der Waals surface area contributed by atoms with Gasteiger partial charge in [0.2, 0.25) is 0 Å². The molecule has 0 aliphatic rings. The fourth-order valence-electron chi connectivity index (χ4n) is 8.78. The minimum atomic E-state index is 1.23. The predicted octanol–water partition coefficient (Wildman–Crippen LogP) is 14.2. The highest BCUT2D eigenvalue weighted by atomic mass is 14.2. The Morgan fingerprint density at radius 3 is 1.30 bits per heavy atom. The van der Waals surface area contributed by atoms with E-state index in [0.717, 1.165) is 0 Å². The quantitative estimate of drug-likeness (QED) is 0.135. The van der Waals surface area contributed by atoms with E-state index in [-0.39, 0.29) is 0 Å². The van der Waals surface area contributed by atoms with Gasteiger partial charge in [-0.25, -0.2) is 0 Å². The molecule has 0 aliphatic heterocycles. The second kappa shape index (κ2) is 10.5. The molecule has 0 amide bonds. The van der Waals surface area contributed by atoms with Crippen LogP contribution in [0, 0.1) is 0 Å². The Balaban J connectivity index is 1.22. The molecule has 50 heavy (non-hydrogen) atoms. The molecule has 0 unspecified atom stereocenters.